The van der Waals surface area contributed by atoms with Crippen molar-refractivity contribution in [2.75, 3.05) is 26.2 Å². The van der Waals surface area contributed by atoms with Gasteiger partial charge >= 0.3 is 0 Å². The highest BCUT2D eigenvalue weighted by Crippen LogP contribution is 2.31. The molecule has 1 fully saturated rings. The highest BCUT2D eigenvalue weighted by molar-refractivity contribution is 6.11. The Balaban J connectivity index is 1.44. The first-order chi connectivity index (χ1) is 15.6. The molecule has 6 nitrogen and oxygen atoms in total. The number of H-pyrrole nitrogens is 1. The van der Waals surface area contributed by atoms with Gasteiger partial charge in [0, 0.05) is 48.3 Å². The number of furan rings is 1. The molecule has 0 unspecified atom stereocenters. The maximum Gasteiger partial charge on any atom is 0.289 e. The summed E-state index contributed by atoms with van der Waals surface area (Å²) in [5.41, 5.74) is 3.55. The van der Waals surface area contributed by atoms with Crippen molar-refractivity contribution >= 4 is 22.6 Å². The van der Waals surface area contributed by atoms with Gasteiger partial charge in [0.25, 0.3) is 5.91 Å². The van der Waals surface area contributed by atoms with Crippen LogP contribution in [0.15, 0.2) is 77.4 Å². The van der Waals surface area contributed by atoms with Crippen LogP contribution in [0.3, 0.4) is 0 Å². The molecule has 1 aliphatic heterocycles. The summed E-state index contributed by atoms with van der Waals surface area (Å²) in [4.78, 5) is 34.0. The van der Waals surface area contributed by atoms with Crippen molar-refractivity contribution in [1.82, 2.24) is 14.8 Å². The third-order valence-corrected chi connectivity index (χ3v) is 6.20. The number of piperazine rings is 1. The van der Waals surface area contributed by atoms with Crippen molar-refractivity contribution in [1.29, 1.82) is 0 Å². The zero-order valence-corrected chi connectivity index (χ0v) is 18.0. The van der Waals surface area contributed by atoms with Crippen LogP contribution in [0.5, 0.6) is 0 Å². The van der Waals surface area contributed by atoms with Crippen LogP contribution in [0.2, 0.25) is 0 Å². The van der Waals surface area contributed by atoms with E-state index in [9.17, 15) is 9.59 Å². The molecule has 3 heterocycles. The number of aromatic nitrogens is 1. The standard InChI is InChI=1S/C26H25N3O3/c1-18-23(20-10-5-6-11-21(20)27-18)25(30)24(19-8-3-2-4-9-19)28-13-15-29(16-14-28)26(31)22-12-7-17-32-22/h2-12,17,24,27H,13-16H2,1H3/t24-/m0/s1. The minimum atomic E-state index is -0.407. The molecule has 4 aromatic rings. The monoisotopic (exact) mass is 427 g/mol. The number of para-hydroxylation sites is 1. The summed E-state index contributed by atoms with van der Waals surface area (Å²) in [6.07, 6.45) is 1.51. The number of carbonyl (C=O) groups excluding carboxylic acids is 2. The number of carbonyl (C=O) groups is 2. The highest BCUT2D eigenvalue weighted by Gasteiger charge is 2.34. The van der Waals surface area contributed by atoms with Crippen molar-refractivity contribution in [2.45, 2.75) is 13.0 Å². The molecule has 5 rings (SSSR count). The van der Waals surface area contributed by atoms with E-state index in [0.717, 1.165) is 27.7 Å². The smallest absolute Gasteiger partial charge is 0.289 e. The Labute approximate surface area is 186 Å². The minimum Gasteiger partial charge on any atom is -0.459 e. The van der Waals surface area contributed by atoms with Crippen LogP contribution < -0.4 is 0 Å². The summed E-state index contributed by atoms with van der Waals surface area (Å²) in [6, 6.07) is 20.8. The molecule has 0 saturated carbocycles. The molecular formula is C26H25N3O3. The maximum absolute atomic E-state index is 14.0. The second-order valence-corrected chi connectivity index (χ2v) is 8.15. The lowest BCUT2D eigenvalue weighted by molar-refractivity contribution is 0.0510. The van der Waals surface area contributed by atoms with E-state index in [1.807, 2.05) is 61.5 Å². The Kier molecular flexibility index (Phi) is 5.37. The summed E-state index contributed by atoms with van der Waals surface area (Å²) in [5, 5.41) is 0.947. The number of hydrogen-bond donors (Lipinski definition) is 1. The number of nitrogens with zero attached hydrogens (tertiary/aromatic N) is 2. The Morgan fingerprint density at radius 2 is 1.62 bits per heavy atom. The number of amides is 1. The number of aromatic amines is 1. The zero-order chi connectivity index (χ0) is 22.1. The number of Topliss-reactive ketones (excluding diaryl/α,β-unsaturated/α-hetero) is 1. The molecule has 1 aliphatic rings. The molecule has 0 bridgehead atoms. The summed E-state index contributed by atoms with van der Waals surface area (Å²) >= 11 is 0. The summed E-state index contributed by atoms with van der Waals surface area (Å²) in [6.45, 7) is 4.26. The molecule has 32 heavy (non-hydrogen) atoms. The molecule has 6 heteroatoms. The number of fused-ring (bicyclic) bond motifs is 1. The van der Waals surface area contributed by atoms with Crippen LogP contribution in [-0.4, -0.2) is 52.7 Å². The van der Waals surface area contributed by atoms with Crippen LogP contribution in [0, 0.1) is 6.92 Å². The molecular weight excluding hydrogens is 402 g/mol. The molecule has 2 aromatic carbocycles. The minimum absolute atomic E-state index is 0.0805. The van der Waals surface area contributed by atoms with Gasteiger partial charge in [0.1, 0.15) is 0 Å². The van der Waals surface area contributed by atoms with Crippen molar-refractivity contribution in [3.05, 3.63) is 95.6 Å². The van der Waals surface area contributed by atoms with E-state index in [2.05, 4.69) is 9.88 Å². The average Bonchev–Trinajstić information content (AvgIpc) is 3.47. The Morgan fingerprint density at radius 1 is 0.906 bits per heavy atom. The van der Waals surface area contributed by atoms with Crippen molar-refractivity contribution in [3.63, 3.8) is 0 Å². The molecule has 1 saturated heterocycles. The zero-order valence-electron chi connectivity index (χ0n) is 18.0. The van der Waals surface area contributed by atoms with Crippen molar-refractivity contribution in [3.8, 4) is 0 Å². The fraction of sp³-hybridized carbons (Fsp3) is 0.231. The molecule has 162 valence electrons. The fourth-order valence-corrected chi connectivity index (χ4v) is 4.63. The van der Waals surface area contributed by atoms with Crippen molar-refractivity contribution < 1.29 is 14.0 Å². The summed E-state index contributed by atoms with van der Waals surface area (Å²) in [5.74, 6) is 0.324. The van der Waals surface area contributed by atoms with Gasteiger partial charge in [0.15, 0.2) is 11.5 Å². The second kappa shape index (κ2) is 8.48. The number of rotatable bonds is 5. The number of benzene rings is 2. The first-order valence-corrected chi connectivity index (χ1v) is 10.9. The maximum atomic E-state index is 14.0. The average molecular weight is 428 g/mol. The van der Waals surface area contributed by atoms with Gasteiger partial charge < -0.3 is 14.3 Å². The molecule has 0 aliphatic carbocycles. The molecule has 0 spiro atoms. The number of nitrogens with one attached hydrogen (secondary N) is 1. The van der Waals surface area contributed by atoms with Crippen LogP contribution >= 0.6 is 0 Å². The van der Waals surface area contributed by atoms with Gasteiger partial charge in [-0.1, -0.05) is 48.5 Å². The first-order valence-electron chi connectivity index (χ1n) is 10.9. The van der Waals surface area contributed by atoms with E-state index in [-0.39, 0.29) is 11.7 Å². The molecule has 2 aromatic heterocycles. The van der Waals surface area contributed by atoms with Crippen LogP contribution in [0.1, 0.15) is 38.2 Å². The molecule has 1 amide bonds. The summed E-state index contributed by atoms with van der Waals surface area (Å²) < 4.78 is 5.27. The van der Waals surface area contributed by atoms with Gasteiger partial charge in [-0.3, -0.25) is 14.5 Å². The van der Waals surface area contributed by atoms with E-state index in [4.69, 9.17) is 4.42 Å². The number of hydrogen-bond acceptors (Lipinski definition) is 4. The van der Waals surface area contributed by atoms with E-state index in [0.29, 0.717) is 31.9 Å². The lowest BCUT2D eigenvalue weighted by Crippen LogP contribution is -2.51. The topological polar surface area (TPSA) is 69.6 Å². The van der Waals surface area contributed by atoms with Gasteiger partial charge in [-0.25, -0.2) is 0 Å². The van der Waals surface area contributed by atoms with Gasteiger partial charge in [0.2, 0.25) is 0 Å². The van der Waals surface area contributed by atoms with Gasteiger partial charge in [-0.2, -0.15) is 0 Å². The van der Waals surface area contributed by atoms with Gasteiger partial charge in [-0.05, 0) is 30.7 Å². The highest BCUT2D eigenvalue weighted by atomic mass is 16.3. The Bertz CT molecular complexity index is 1240. The van der Waals surface area contributed by atoms with E-state index in [1.54, 1.807) is 17.0 Å². The van der Waals surface area contributed by atoms with E-state index < -0.39 is 6.04 Å². The first kappa shape index (κ1) is 20.3. The van der Waals surface area contributed by atoms with Gasteiger partial charge in [-0.15, -0.1) is 0 Å². The normalized spacial score (nSPS) is 15.7. The van der Waals surface area contributed by atoms with Crippen LogP contribution in [-0.2, 0) is 0 Å². The second-order valence-electron chi connectivity index (χ2n) is 8.15. The molecule has 1 N–H and O–H groups in total. The lowest BCUT2D eigenvalue weighted by Gasteiger charge is -2.38. The third kappa shape index (κ3) is 3.63. The number of ketones is 1. The Hall–Kier alpha value is -3.64. The third-order valence-electron chi connectivity index (χ3n) is 6.20. The largest absolute Gasteiger partial charge is 0.459 e. The predicted molar refractivity (Wildman–Crippen MR) is 123 cm³/mol. The van der Waals surface area contributed by atoms with E-state index in [1.165, 1.54) is 6.26 Å². The van der Waals surface area contributed by atoms with Crippen LogP contribution in [0.4, 0.5) is 0 Å². The molecule has 1 atom stereocenters. The van der Waals surface area contributed by atoms with E-state index >= 15 is 0 Å². The SMILES string of the molecule is Cc1[nH]c2ccccc2c1C(=O)[C@H](c1ccccc1)N1CCN(C(=O)c2ccco2)CC1. The van der Waals surface area contributed by atoms with Gasteiger partial charge in [0.05, 0.1) is 12.3 Å². The van der Waals surface area contributed by atoms with Crippen molar-refractivity contribution in [2.24, 2.45) is 0 Å². The molecule has 0 radical (unpaired) electrons. The quantitative estimate of drug-likeness (QED) is 0.478. The van der Waals surface area contributed by atoms with Crippen LogP contribution in [0.25, 0.3) is 10.9 Å². The fourth-order valence-electron chi connectivity index (χ4n) is 4.63. The lowest BCUT2D eigenvalue weighted by atomic mass is 9.93. The Morgan fingerprint density at radius 3 is 2.34 bits per heavy atom. The number of aryl methyl sites for hydroxylation is 1. The summed E-state index contributed by atoms with van der Waals surface area (Å²) in [7, 11) is 0. The predicted octanol–water partition coefficient (Wildman–Crippen LogP) is 4.45.